The first kappa shape index (κ1) is 17.4. The smallest absolute Gasteiger partial charge is 0.163 e. The van der Waals surface area contributed by atoms with Crippen molar-refractivity contribution in [2.24, 2.45) is 5.92 Å². The van der Waals surface area contributed by atoms with Gasteiger partial charge in [0.25, 0.3) is 0 Å². The third-order valence-corrected chi connectivity index (χ3v) is 5.22. The quantitative estimate of drug-likeness (QED) is 0.693. The van der Waals surface area contributed by atoms with E-state index in [1.165, 1.54) is 5.56 Å². The van der Waals surface area contributed by atoms with Gasteiger partial charge in [-0.15, -0.1) is 0 Å². The van der Waals surface area contributed by atoms with Crippen molar-refractivity contribution in [3.8, 4) is 5.75 Å². The molecule has 1 aliphatic rings. The summed E-state index contributed by atoms with van der Waals surface area (Å²) in [6.45, 7) is 1.59. The van der Waals surface area contributed by atoms with Crippen molar-refractivity contribution in [1.82, 2.24) is 0 Å². The highest BCUT2D eigenvalue weighted by atomic mass is 16.5. The summed E-state index contributed by atoms with van der Waals surface area (Å²) < 4.78 is 5.14. The van der Waals surface area contributed by atoms with Gasteiger partial charge in [0, 0.05) is 17.5 Å². The van der Waals surface area contributed by atoms with Crippen molar-refractivity contribution < 1.29 is 14.3 Å². The highest BCUT2D eigenvalue weighted by molar-refractivity contribution is 5.96. The normalized spacial score (nSPS) is 19.6. The van der Waals surface area contributed by atoms with Gasteiger partial charge in [-0.25, -0.2) is 0 Å². The maximum absolute atomic E-state index is 12.5. The second-order valence-corrected chi connectivity index (χ2v) is 6.91. The molecular formula is C22H24O3. The maximum atomic E-state index is 12.5. The van der Waals surface area contributed by atoms with Crippen molar-refractivity contribution in [2.75, 3.05) is 7.11 Å². The maximum Gasteiger partial charge on any atom is 0.163 e. The highest BCUT2D eigenvalue weighted by Crippen LogP contribution is 2.40. The van der Waals surface area contributed by atoms with Crippen LogP contribution < -0.4 is 4.74 Å². The number of methoxy groups -OCH3 is 1. The molecule has 1 saturated carbocycles. The van der Waals surface area contributed by atoms with Crippen LogP contribution >= 0.6 is 0 Å². The van der Waals surface area contributed by atoms with Crippen molar-refractivity contribution in [3.05, 3.63) is 65.2 Å². The summed E-state index contributed by atoms with van der Waals surface area (Å²) in [5.74, 6) is 2.01. The van der Waals surface area contributed by atoms with Crippen molar-refractivity contribution in [3.63, 3.8) is 0 Å². The van der Waals surface area contributed by atoms with Crippen LogP contribution in [0.5, 0.6) is 5.75 Å². The molecule has 0 amide bonds. The number of carbonyl (C=O) groups is 2. The number of ether oxygens (including phenoxy) is 1. The van der Waals surface area contributed by atoms with Crippen molar-refractivity contribution >= 4 is 11.6 Å². The predicted molar refractivity (Wildman–Crippen MR) is 98.5 cm³/mol. The Morgan fingerprint density at radius 1 is 0.960 bits per heavy atom. The predicted octanol–water partition coefficient (Wildman–Crippen LogP) is 5.05. The monoisotopic (exact) mass is 336 g/mol. The summed E-state index contributed by atoms with van der Waals surface area (Å²) in [7, 11) is 1.62. The first-order valence-corrected chi connectivity index (χ1v) is 8.85. The van der Waals surface area contributed by atoms with Gasteiger partial charge >= 0.3 is 0 Å². The fourth-order valence-corrected chi connectivity index (χ4v) is 3.71. The molecule has 2 aromatic carbocycles. The molecule has 2 unspecified atom stereocenters. The molecule has 0 aliphatic heterocycles. The van der Waals surface area contributed by atoms with Gasteiger partial charge in [-0.3, -0.25) is 9.59 Å². The van der Waals surface area contributed by atoms with E-state index < -0.39 is 0 Å². The molecule has 0 radical (unpaired) electrons. The van der Waals surface area contributed by atoms with E-state index >= 15 is 0 Å². The van der Waals surface area contributed by atoms with Gasteiger partial charge in [0.05, 0.1) is 7.11 Å². The highest BCUT2D eigenvalue weighted by Gasteiger charge is 2.27. The second-order valence-electron chi connectivity index (χ2n) is 6.91. The van der Waals surface area contributed by atoms with Crippen LogP contribution in [-0.4, -0.2) is 18.7 Å². The summed E-state index contributed by atoms with van der Waals surface area (Å²) in [6.07, 6.45) is 3.84. The Hall–Kier alpha value is -2.42. The summed E-state index contributed by atoms with van der Waals surface area (Å²) in [5, 5.41) is 0. The van der Waals surface area contributed by atoms with E-state index in [1.807, 2.05) is 36.4 Å². The van der Waals surface area contributed by atoms with Gasteiger partial charge in [0.15, 0.2) is 11.6 Å². The van der Waals surface area contributed by atoms with E-state index in [-0.39, 0.29) is 11.6 Å². The first-order chi connectivity index (χ1) is 12.1. The standard InChI is InChI=1S/C22H24O3/c1-15(23)17-5-7-18(8-6-17)20-4-3-16(13-20)14-22(24)19-9-11-21(25-2)12-10-19/h5-12,16,20H,3-4,13-14H2,1-2H3. The van der Waals surface area contributed by atoms with Crippen LogP contribution in [0.15, 0.2) is 48.5 Å². The fourth-order valence-electron chi connectivity index (χ4n) is 3.71. The molecule has 0 aromatic heterocycles. The Kier molecular flexibility index (Phi) is 5.32. The molecule has 0 bridgehead atoms. The van der Waals surface area contributed by atoms with Gasteiger partial charge in [0.1, 0.15) is 5.75 Å². The first-order valence-electron chi connectivity index (χ1n) is 8.85. The minimum atomic E-state index is 0.0981. The molecule has 0 heterocycles. The summed E-state index contributed by atoms with van der Waals surface area (Å²) in [4.78, 5) is 23.9. The summed E-state index contributed by atoms with van der Waals surface area (Å²) >= 11 is 0. The Labute approximate surface area is 149 Å². The van der Waals surface area contributed by atoms with Crippen LogP contribution in [-0.2, 0) is 0 Å². The molecule has 0 saturated heterocycles. The lowest BCUT2D eigenvalue weighted by atomic mass is 9.92. The largest absolute Gasteiger partial charge is 0.497 e. The number of hydrogen-bond donors (Lipinski definition) is 0. The molecular weight excluding hydrogens is 312 g/mol. The molecule has 1 fully saturated rings. The van der Waals surface area contributed by atoms with Gasteiger partial charge in [-0.2, -0.15) is 0 Å². The number of benzene rings is 2. The Balaban J connectivity index is 1.58. The number of Topliss-reactive ketones (excluding diaryl/α,β-unsaturated/α-hetero) is 2. The van der Waals surface area contributed by atoms with Crippen LogP contribution in [0.3, 0.4) is 0 Å². The van der Waals surface area contributed by atoms with Crippen molar-refractivity contribution in [1.29, 1.82) is 0 Å². The zero-order valence-electron chi connectivity index (χ0n) is 14.8. The lowest BCUT2D eigenvalue weighted by molar-refractivity contribution is 0.0960. The number of rotatable bonds is 6. The number of carbonyl (C=O) groups excluding carboxylic acids is 2. The SMILES string of the molecule is COc1ccc(C(=O)CC2CCC(c3ccc(C(C)=O)cc3)C2)cc1. The van der Waals surface area contributed by atoms with E-state index in [0.717, 1.165) is 36.1 Å². The van der Waals surface area contributed by atoms with Crippen LogP contribution in [0.2, 0.25) is 0 Å². The molecule has 3 nitrogen and oxygen atoms in total. The molecule has 3 rings (SSSR count). The topological polar surface area (TPSA) is 43.4 Å². The zero-order chi connectivity index (χ0) is 17.8. The summed E-state index contributed by atoms with van der Waals surface area (Å²) in [5.41, 5.74) is 2.80. The van der Waals surface area contributed by atoms with Crippen LogP contribution in [0.1, 0.15) is 64.8 Å². The average Bonchev–Trinajstić information content (AvgIpc) is 3.10. The van der Waals surface area contributed by atoms with Gasteiger partial charge in [-0.1, -0.05) is 24.3 Å². The van der Waals surface area contributed by atoms with Crippen LogP contribution in [0, 0.1) is 5.92 Å². The van der Waals surface area contributed by atoms with Crippen LogP contribution in [0.25, 0.3) is 0 Å². The second kappa shape index (κ2) is 7.64. The summed E-state index contributed by atoms with van der Waals surface area (Å²) in [6, 6.07) is 15.3. The molecule has 2 aromatic rings. The van der Waals surface area contributed by atoms with E-state index in [1.54, 1.807) is 14.0 Å². The molecule has 0 spiro atoms. The minimum absolute atomic E-state index is 0.0981. The molecule has 25 heavy (non-hydrogen) atoms. The third kappa shape index (κ3) is 4.16. The van der Waals surface area contributed by atoms with Crippen molar-refractivity contribution in [2.45, 2.75) is 38.5 Å². The Bertz CT molecular complexity index is 744. The molecule has 3 heteroatoms. The molecule has 2 atom stereocenters. The van der Waals surface area contributed by atoms with Gasteiger partial charge < -0.3 is 4.74 Å². The molecule has 1 aliphatic carbocycles. The van der Waals surface area contributed by atoms with E-state index in [4.69, 9.17) is 4.74 Å². The van der Waals surface area contributed by atoms with E-state index in [2.05, 4.69) is 12.1 Å². The Morgan fingerprint density at radius 3 is 2.20 bits per heavy atom. The minimum Gasteiger partial charge on any atom is -0.497 e. The lowest BCUT2D eigenvalue weighted by Gasteiger charge is -2.12. The van der Waals surface area contributed by atoms with Crippen LogP contribution in [0.4, 0.5) is 0 Å². The number of ketones is 2. The van der Waals surface area contributed by atoms with Gasteiger partial charge in [-0.05, 0) is 67.9 Å². The third-order valence-electron chi connectivity index (χ3n) is 5.22. The van der Waals surface area contributed by atoms with E-state index in [0.29, 0.717) is 18.3 Å². The van der Waals surface area contributed by atoms with E-state index in [9.17, 15) is 9.59 Å². The Morgan fingerprint density at radius 2 is 1.60 bits per heavy atom. The fraction of sp³-hybridized carbons (Fsp3) is 0.364. The average molecular weight is 336 g/mol. The number of hydrogen-bond acceptors (Lipinski definition) is 3. The molecule has 130 valence electrons. The molecule has 0 N–H and O–H groups in total. The van der Waals surface area contributed by atoms with Gasteiger partial charge in [0.2, 0.25) is 0 Å². The zero-order valence-corrected chi connectivity index (χ0v) is 14.8. The lowest BCUT2D eigenvalue weighted by Crippen LogP contribution is -2.06.